The van der Waals surface area contributed by atoms with Crippen LogP contribution >= 0.6 is 0 Å². The van der Waals surface area contributed by atoms with Gasteiger partial charge in [-0.05, 0) is 58.5 Å². The zero-order valence-electron chi connectivity index (χ0n) is 39.3. The Labute approximate surface area is 405 Å². The van der Waals surface area contributed by atoms with E-state index in [1.807, 2.05) is 53.4 Å². The summed E-state index contributed by atoms with van der Waals surface area (Å²) in [6.07, 6.45) is 0.115. The van der Waals surface area contributed by atoms with Crippen LogP contribution in [0.1, 0.15) is 66.3 Å². The molecule has 4 aromatic rings. The lowest BCUT2D eigenvalue weighted by molar-refractivity contribution is -0.178. The van der Waals surface area contributed by atoms with Crippen molar-refractivity contribution < 1.29 is 62.4 Å². The van der Waals surface area contributed by atoms with E-state index >= 15 is 14.4 Å². The highest BCUT2D eigenvalue weighted by molar-refractivity contribution is 6.25. The zero-order chi connectivity index (χ0) is 50.3. The minimum Gasteiger partial charge on any atom is -0.491 e. The van der Waals surface area contributed by atoms with Crippen LogP contribution in [0.3, 0.4) is 0 Å². The number of morpholine rings is 1. The average molecular weight is 955 g/mol. The molecule has 1 spiro atoms. The van der Waals surface area contributed by atoms with Crippen molar-refractivity contribution in [3.63, 3.8) is 0 Å². The van der Waals surface area contributed by atoms with Gasteiger partial charge in [-0.1, -0.05) is 105 Å². The summed E-state index contributed by atoms with van der Waals surface area (Å²) < 4.78 is 27.1. The normalized spacial score (nSPS) is 21.7. The molecule has 70 heavy (non-hydrogen) atoms. The van der Waals surface area contributed by atoms with E-state index in [0.29, 0.717) is 16.7 Å². The number of cyclic esters (lactones) is 1. The van der Waals surface area contributed by atoms with Crippen LogP contribution in [0.25, 0.3) is 0 Å². The predicted molar refractivity (Wildman–Crippen MR) is 252 cm³/mol. The Kier molecular flexibility index (Phi) is 15.5. The molecule has 7 atom stereocenters. The fourth-order valence-electron chi connectivity index (χ4n) is 9.83. The third-order valence-electron chi connectivity index (χ3n) is 12.8. The zero-order valence-corrected chi connectivity index (χ0v) is 39.3. The molecule has 364 valence electrons. The van der Waals surface area contributed by atoms with Gasteiger partial charge in [0, 0.05) is 18.5 Å². The van der Waals surface area contributed by atoms with Crippen molar-refractivity contribution in [1.82, 2.24) is 15.5 Å². The number of methoxy groups -OCH3 is 3. The van der Waals surface area contributed by atoms with Crippen LogP contribution in [-0.2, 0) is 53.1 Å². The molecule has 0 aliphatic carbocycles. The number of nitrogens with zero attached hydrogens (tertiary/aromatic N) is 2. The van der Waals surface area contributed by atoms with Crippen LogP contribution < -0.4 is 20.3 Å². The second-order valence-corrected chi connectivity index (χ2v) is 17.1. The smallest absolute Gasteiger partial charge is 0.329 e. The van der Waals surface area contributed by atoms with Crippen LogP contribution in [0.2, 0.25) is 0 Å². The Hall–Kier alpha value is -7.81. The van der Waals surface area contributed by atoms with Crippen LogP contribution in [-0.4, -0.2) is 105 Å². The Balaban J connectivity index is 1.58. The Morgan fingerprint density at radius 1 is 0.829 bits per heavy atom. The fraction of sp³-hybridized carbons (Fsp3) is 0.340. The number of ether oxygens (including phenoxy) is 5. The molecule has 4 aromatic carbocycles. The van der Waals surface area contributed by atoms with Crippen molar-refractivity contribution in [3.05, 3.63) is 144 Å². The number of carbonyl (C=O) groups is 7. The first-order valence-corrected chi connectivity index (χ1v) is 22.6. The molecule has 17 heteroatoms. The highest BCUT2D eigenvalue weighted by Crippen LogP contribution is 2.66. The second kappa shape index (κ2) is 21.6. The topological polar surface area (TPSA) is 216 Å². The molecule has 3 aliphatic heterocycles. The number of urea groups is 1. The summed E-state index contributed by atoms with van der Waals surface area (Å²) in [4.78, 5) is 103. The van der Waals surface area contributed by atoms with Crippen molar-refractivity contribution in [3.8, 4) is 17.6 Å². The highest BCUT2D eigenvalue weighted by Gasteiger charge is 2.75. The number of imide groups is 1. The number of aliphatic hydroxyl groups is 1. The lowest BCUT2D eigenvalue weighted by Crippen LogP contribution is -2.57. The number of nitrogens with one attached hydrogen (secondary N) is 2. The lowest BCUT2D eigenvalue weighted by Gasteiger charge is -2.46. The van der Waals surface area contributed by atoms with Gasteiger partial charge in [-0.2, -0.15) is 0 Å². The molecule has 17 nitrogen and oxygen atoms in total. The van der Waals surface area contributed by atoms with E-state index < -0.39 is 95.2 Å². The van der Waals surface area contributed by atoms with Crippen LogP contribution in [0.15, 0.2) is 116 Å². The molecular formula is C53H54N4O13. The van der Waals surface area contributed by atoms with Crippen molar-refractivity contribution in [2.75, 3.05) is 46.0 Å². The fourth-order valence-corrected chi connectivity index (χ4v) is 9.83. The molecule has 0 unspecified atom stereocenters. The number of carbonyl (C=O) groups excluding carboxylic acids is 7. The third-order valence-corrected chi connectivity index (χ3v) is 12.8. The molecule has 3 heterocycles. The summed E-state index contributed by atoms with van der Waals surface area (Å²) in [6.45, 7) is 6.68. The number of hydrogen-bond donors (Lipinski definition) is 3. The molecule has 4 amide bonds. The molecule has 0 bridgehead atoms. The van der Waals surface area contributed by atoms with E-state index in [0.717, 1.165) is 19.1 Å². The third kappa shape index (κ3) is 9.23. The number of aliphatic hydroxyl groups excluding tert-OH is 1. The van der Waals surface area contributed by atoms with Gasteiger partial charge in [0.2, 0.25) is 11.8 Å². The summed E-state index contributed by atoms with van der Waals surface area (Å²) in [5, 5.41) is 15.3. The Bertz CT molecular complexity index is 2700. The summed E-state index contributed by atoms with van der Waals surface area (Å²) in [5.74, 6) is -2.46. The molecule has 0 aromatic heterocycles. The number of amides is 4. The van der Waals surface area contributed by atoms with Gasteiger partial charge in [0.05, 0.1) is 51.6 Å². The summed E-state index contributed by atoms with van der Waals surface area (Å²) in [5.41, 5.74) is -0.211. The molecule has 7 rings (SSSR count). The van der Waals surface area contributed by atoms with E-state index in [1.165, 1.54) is 25.3 Å². The molecule has 3 aliphatic rings. The number of hydrogen-bond acceptors (Lipinski definition) is 14. The van der Waals surface area contributed by atoms with Crippen molar-refractivity contribution in [2.45, 2.75) is 56.0 Å². The SMILES string of the molecule is C=CCNC(=O)[C@H]1[C@@H]2C(=O)O[C@@H](c3ccccc3)[C@@H](c3ccccc3)N2[C@@H](c2cccc(OCCO)c2)[C@]12C(=O)N(C(=O)N[C@H](C(=O)OC)C(C)C)c1ccc(C#CCC(C(=O)OC)C(=O)OC)cc12. The number of benzene rings is 4. The summed E-state index contributed by atoms with van der Waals surface area (Å²) in [6, 6.07) is 23.6. The second-order valence-electron chi connectivity index (χ2n) is 17.1. The van der Waals surface area contributed by atoms with Crippen molar-refractivity contribution >= 4 is 47.4 Å². The van der Waals surface area contributed by atoms with E-state index in [-0.39, 0.29) is 48.7 Å². The van der Waals surface area contributed by atoms with E-state index in [4.69, 9.17) is 23.7 Å². The minimum atomic E-state index is -2.22. The Morgan fingerprint density at radius 3 is 2.09 bits per heavy atom. The molecule has 0 saturated carbocycles. The first-order valence-electron chi connectivity index (χ1n) is 22.6. The standard InChI is InChI=1S/C53H54N4O13/c1-7-26-54-46(59)40-43-50(63)70-44(34-19-12-9-13-20-34)42(33-17-10-8-11-18-33)57(43)45(35-21-15-22-36(30-35)69-28-27-58)53(40)38-29-32(16-14-23-37(47(60)66-4)48(61)67-5)24-25-39(38)56(51(53)64)52(65)55-41(31(2)3)49(62)68-6/h7-13,15,17-22,24-25,29-31,37,40-45,58H,1,23,26-28H2,2-6H3,(H,54,59)(H,55,65)/t40-,41+,42-,43-,44+,45+,53-/m1/s1. The predicted octanol–water partition coefficient (Wildman–Crippen LogP) is 4.64. The summed E-state index contributed by atoms with van der Waals surface area (Å²) in [7, 11) is 3.42. The van der Waals surface area contributed by atoms with Gasteiger partial charge >= 0.3 is 29.9 Å². The number of fused-ring (bicyclic) bond motifs is 3. The van der Waals surface area contributed by atoms with E-state index in [2.05, 4.69) is 29.1 Å². The highest BCUT2D eigenvalue weighted by atomic mass is 16.6. The molecular weight excluding hydrogens is 901 g/mol. The maximum absolute atomic E-state index is 16.5. The van der Waals surface area contributed by atoms with Gasteiger partial charge < -0.3 is 39.4 Å². The van der Waals surface area contributed by atoms with Crippen LogP contribution in [0.5, 0.6) is 5.75 Å². The van der Waals surface area contributed by atoms with Crippen LogP contribution in [0, 0.1) is 29.6 Å². The molecule has 2 saturated heterocycles. The Morgan fingerprint density at radius 2 is 1.47 bits per heavy atom. The number of rotatable bonds is 15. The first-order chi connectivity index (χ1) is 33.8. The van der Waals surface area contributed by atoms with Gasteiger partial charge in [-0.25, -0.2) is 14.5 Å². The maximum atomic E-state index is 16.5. The number of esters is 4. The van der Waals surface area contributed by atoms with Gasteiger partial charge in [0.15, 0.2) is 5.92 Å². The van der Waals surface area contributed by atoms with Crippen molar-refractivity contribution in [1.29, 1.82) is 0 Å². The van der Waals surface area contributed by atoms with Crippen molar-refractivity contribution in [2.24, 2.45) is 17.8 Å². The molecule has 3 N–H and O–H groups in total. The first kappa shape index (κ1) is 50.1. The van der Waals surface area contributed by atoms with Gasteiger partial charge in [-0.3, -0.25) is 28.9 Å². The van der Waals surface area contributed by atoms with Gasteiger partial charge in [0.25, 0.3) is 0 Å². The maximum Gasteiger partial charge on any atom is 0.329 e. The monoisotopic (exact) mass is 954 g/mol. The van der Waals surface area contributed by atoms with E-state index in [9.17, 15) is 24.3 Å². The van der Waals surface area contributed by atoms with E-state index in [1.54, 1.807) is 56.3 Å². The van der Waals surface area contributed by atoms with Gasteiger partial charge in [-0.15, -0.1) is 6.58 Å². The lowest BCUT2D eigenvalue weighted by atomic mass is 9.65. The van der Waals surface area contributed by atoms with Gasteiger partial charge in [0.1, 0.15) is 36.0 Å². The molecule has 0 radical (unpaired) electrons. The summed E-state index contributed by atoms with van der Waals surface area (Å²) >= 11 is 0. The quantitative estimate of drug-likeness (QED) is 0.0487. The largest absolute Gasteiger partial charge is 0.491 e. The number of anilines is 1. The average Bonchev–Trinajstić information content (AvgIpc) is 3.83. The molecule has 2 fully saturated rings. The minimum absolute atomic E-state index is 0.00529. The van der Waals surface area contributed by atoms with Crippen LogP contribution in [0.4, 0.5) is 10.5 Å².